The van der Waals surface area contributed by atoms with Crippen LogP contribution in [0.2, 0.25) is 0 Å². The number of rotatable bonds is 6. The van der Waals surface area contributed by atoms with Gasteiger partial charge in [-0.25, -0.2) is 4.79 Å². The number of esters is 1. The van der Waals surface area contributed by atoms with Gasteiger partial charge < -0.3 is 9.84 Å². The topological polar surface area (TPSA) is 107 Å². The van der Waals surface area contributed by atoms with Crippen molar-refractivity contribution < 1.29 is 24.4 Å². The van der Waals surface area contributed by atoms with Crippen LogP contribution in [0.3, 0.4) is 0 Å². The van der Waals surface area contributed by atoms with Gasteiger partial charge in [-0.05, 0) is 25.5 Å². The molecule has 1 N–H and O–H groups in total. The van der Waals surface area contributed by atoms with Crippen LogP contribution in [0.25, 0.3) is 6.08 Å². The average Bonchev–Trinajstić information content (AvgIpc) is 2.39. The second kappa shape index (κ2) is 7.18. The molecule has 0 aliphatic heterocycles. The first-order chi connectivity index (χ1) is 9.86. The molecular formula is C14H15NO6. The van der Waals surface area contributed by atoms with Crippen molar-refractivity contribution in [2.75, 3.05) is 6.61 Å². The molecule has 1 aromatic carbocycles. The molecule has 0 heterocycles. The van der Waals surface area contributed by atoms with Crippen LogP contribution in [0.15, 0.2) is 18.2 Å². The van der Waals surface area contributed by atoms with E-state index in [1.165, 1.54) is 31.2 Å². The second-order valence-electron chi connectivity index (χ2n) is 4.19. The number of carbonyl (C=O) groups excluding carboxylic acids is 1. The van der Waals surface area contributed by atoms with Crippen LogP contribution in [0.4, 0.5) is 5.69 Å². The lowest BCUT2D eigenvalue weighted by Gasteiger charge is -2.04. The summed E-state index contributed by atoms with van der Waals surface area (Å²) in [5.74, 6) is -1.66. The predicted molar refractivity (Wildman–Crippen MR) is 75.1 cm³/mol. The number of nitro benzene ring substituents is 1. The van der Waals surface area contributed by atoms with Gasteiger partial charge in [0.15, 0.2) is 0 Å². The third-order valence-corrected chi connectivity index (χ3v) is 2.73. The van der Waals surface area contributed by atoms with E-state index in [9.17, 15) is 19.7 Å². The molecule has 0 saturated carbocycles. The molecule has 112 valence electrons. The highest BCUT2D eigenvalue weighted by Gasteiger charge is 2.19. The van der Waals surface area contributed by atoms with Crippen molar-refractivity contribution in [3.63, 3.8) is 0 Å². The fraction of sp³-hybridized carbons (Fsp3) is 0.286. The van der Waals surface area contributed by atoms with Crippen molar-refractivity contribution in [1.29, 1.82) is 0 Å². The smallest absolute Gasteiger partial charge is 0.336 e. The molecule has 0 radical (unpaired) electrons. The predicted octanol–water partition coefficient (Wildman–Crippen LogP) is 2.57. The van der Waals surface area contributed by atoms with Gasteiger partial charge in [-0.2, -0.15) is 0 Å². The number of nitrogens with zero attached hydrogens (tertiary/aromatic N) is 1. The molecule has 1 aromatic rings. The molecule has 0 aliphatic carbocycles. The monoisotopic (exact) mass is 293 g/mol. The van der Waals surface area contributed by atoms with Gasteiger partial charge in [-0.1, -0.05) is 12.2 Å². The van der Waals surface area contributed by atoms with Crippen LogP contribution in [-0.2, 0) is 9.53 Å². The molecule has 0 amide bonds. The van der Waals surface area contributed by atoms with Crippen molar-refractivity contribution in [3.8, 4) is 0 Å². The summed E-state index contributed by atoms with van der Waals surface area (Å²) in [5.41, 5.74) is 0.0229. The summed E-state index contributed by atoms with van der Waals surface area (Å²) in [5, 5.41) is 20.0. The van der Waals surface area contributed by atoms with Crippen LogP contribution in [0.1, 0.15) is 34.8 Å². The van der Waals surface area contributed by atoms with Gasteiger partial charge in [0.05, 0.1) is 23.5 Å². The summed E-state index contributed by atoms with van der Waals surface area (Å²) in [7, 11) is 0. The van der Waals surface area contributed by atoms with Gasteiger partial charge in [0.1, 0.15) is 0 Å². The maximum Gasteiger partial charge on any atom is 0.336 e. The van der Waals surface area contributed by atoms with E-state index in [1.54, 1.807) is 6.92 Å². The summed E-state index contributed by atoms with van der Waals surface area (Å²) in [6, 6.07) is 2.59. The number of hydrogen-bond donors (Lipinski definition) is 1. The maximum absolute atomic E-state index is 11.2. The first kappa shape index (κ1) is 16.4. The van der Waals surface area contributed by atoms with Gasteiger partial charge >= 0.3 is 11.9 Å². The Kier molecular flexibility index (Phi) is 5.59. The Morgan fingerprint density at radius 2 is 2.10 bits per heavy atom. The van der Waals surface area contributed by atoms with Crippen molar-refractivity contribution in [2.45, 2.75) is 20.3 Å². The third kappa shape index (κ3) is 4.41. The summed E-state index contributed by atoms with van der Waals surface area (Å²) in [4.78, 5) is 32.6. The lowest BCUT2D eigenvalue weighted by molar-refractivity contribution is -0.385. The minimum Gasteiger partial charge on any atom is -0.478 e. The van der Waals surface area contributed by atoms with Crippen molar-refractivity contribution in [1.82, 2.24) is 0 Å². The highest BCUT2D eigenvalue weighted by molar-refractivity contribution is 5.91. The number of nitro groups is 1. The molecule has 21 heavy (non-hydrogen) atoms. The number of carboxylic acids is 1. The Bertz CT molecular complexity index is 570. The Morgan fingerprint density at radius 1 is 1.43 bits per heavy atom. The number of ether oxygens (including phenoxy) is 1. The Balaban J connectivity index is 3.08. The summed E-state index contributed by atoms with van der Waals surface area (Å²) in [6.45, 7) is 3.34. The van der Waals surface area contributed by atoms with Gasteiger partial charge in [0.25, 0.3) is 5.69 Å². The molecule has 0 bridgehead atoms. The second-order valence-corrected chi connectivity index (χ2v) is 4.19. The molecule has 0 fully saturated rings. The van der Waals surface area contributed by atoms with E-state index in [0.29, 0.717) is 5.56 Å². The van der Waals surface area contributed by atoms with Crippen LogP contribution in [0.5, 0.6) is 0 Å². The first-order valence-corrected chi connectivity index (χ1v) is 6.21. The summed E-state index contributed by atoms with van der Waals surface area (Å²) < 4.78 is 4.73. The van der Waals surface area contributed by atoms with Crippen molar-refractivity contribution in [2.24, 2.45) is 0 Å². The van der Waals surface area contributed by atoms with E-state index >= 15 is 0 Å². The zero-order chi connectivity index (χ0) is 16.0. The van der Waals surface area contributed by atoms with E-state index < -0.39 is 16.9 Å². The Labute approximate surface area is 121 Å². The molecular weight excluding hydrogens is 278 g/mol. The Hall–Kier alpha value is -2.70. The number of carboxylic acid groups (broad SMARTS) is 1. The summed E-state index contributed by atoms with van der Waals surface area (Å²) in [6.07, 6.45) is 2.94. The first-order valence-electron chi connectivity index (χ1n) is 6.21. The molecule has 0 spiro atoms. The molecule has 0 saturated heterocycles. The molecule has 7 nitrogen and oxygen atoms in total. The minimum atomic E-state index is -1.24. The third-order valence-electron chi connectivity index (χ3n) is 2.73. The molecule has 0 aromatic heterocycles. The summed E-state index contributed by atoms with van der Waals surface area (Å²) >= 11 is 0. The minimum absolute atomic E-state index is 0.0118. The quantitative estimate of drug-likeness (QED) is 0.490. The average molecular weight is 293 g/mol. The zero-order valence-electron chi connectivity index (χ0n) is 11.7. The van der Waals surface area contributed by atoms with E-state index in [1.807, 2.05) is 0 Å². The molecule has 0 aliphatic rings. The van der Waals surface area contributed by atoms with Gasteiger partial charge in [-0.15, -0.1) is 0 Å². The van der Waals surface area contributed by atoms with Crippen LogP contribution >= 0.6 is 0 Å². The number of benzene rings is 1. The Morgan fingerprint density at radius 3 is 2.62 bits per heavy atom. The number of aromatic carboxylic acids is 1. The van der Waals surface area contributed by atoms with E-state index in [2.05, 4.69) is 0 Å². The van der Waals surface area contributed by atoms with Crippen molar-refractivity contribution in [3.05, 3.63) is 45.0 Å². The fourth-order valence-corrected chi connectivity index (χ4v) is 1.74. The van der Waals surface area contributed by atoms with Crippen molar-refractivity contribution >= 4 is 23.7 Å². The maximum atomic E-state index is 11.2. The van der Waals surface area contributed by atoms with Gasteiger partial charge in [-0.3, -0.25) is 14.9 Å². The van der Waals surface area contributed by atoms with Crippen LogP contribution < -0.4 is 0 Å². The lowest BCUT2D eigenvalue weighted by atomic mass is 10.0. The normalized spacial score (nSPS) is 10.6. The SMILES string of the molecule is CCOC(=O)CC=Cc1cc(C(=O)O)c(C)c([N+](=O)[O-])c1. The zero-order valence-corrected chi connectivity index (χ0v) is 11.7. The number of carbonyl (C=O) groups is 2. The lowest BCUT2D eigenvalue weighted by Crippen LogP contribution is -2.04. The largest absolute Gasteiger partial charge is 0.478 e. The molecule has 0 unspecified atom stereocenters. The van der Waals surface area contributed by atoms with E-state index in [4.69, 9.17) is 9.84 Å². The van der Waals surface area contributed by atoms with Gasteiger partial charge in [0, 0.05) is 11.6 Å². The molecule has 0 atom stereocenters. The fourth-order valence-electron chi connectivity index (χ4n) is 1.74. The molecule has 1 rings (SSSR count). The van der Waals surface area contributed by atoms with E-state index in [0.717, 1.165) is 0 Å². The van der Waals surface area contributed by atoms with Gasteiger partial charge in [0.2, 0.25) is 0 Å². The van der Waals surface area contributed by atoms with Crippen LogP contribution in [0, 0.1) is 17.0 Å². The highest BCUT2D eigenvalue weighted by atomic mass is 16.6. The molecule has 7 heteroatoms. The number of hydrogen-bond acceptors (Lipinski definition) is 5. The highest BCUT2D eigenvalue weighted by Crippen LogP contribution is 2.24. The standard InChI is InChI=1S/C14H15NO6/c1-3-21-13(16)6-4-5-10-7-11(14(17)18)9(2)12(8-10)15(19)20/h4-5,7-8H,3,6H2,1-2H3,(H,17,18). The van der Waals surface area contributed by atoms with E-state index in [-0.39, 0.29) is 29.8 Å². The van der Waals surface area contributed by atoms with Crippen LogP contribution in [-0.4, -0.2) is 28.6 Å².